The van der Waals surface area contributed by atoms with Crippen molar-refractivity contribution < 1.29 is 14.3 Å². The Morgan fingerprint density at radius 3 is 2.52 bits per heavy atom. The zero-order valence-electron chi connectivity index (χ0n) is 13.9. The van der Waals surface area contributed by atoms with E-state index >= 15 is 0 Å². The van der Waals surface area contributed by atoms with Gasteiger partial charge in [0, 0.05) is 5.70 Å². The van der Waals surface area contributed by atoms with Crippen molar-refractivity contribution in [2.75, 3.05) is 7.11 Å². The first-order valence-corrected chi connectivity index (χ1v) is 8.19. The molecule has 0 bridgehead atoms. The Kier molecular flexibility index (Phi) is 5.00. The van der Waals surface area contributed by atoms with Crippen LogP contribution in [0.5, 0.6) is 11.5 Å². The Bertz CT molecular complexity index is 834. The summed E-state index contributed by atoms with van der Waals surface area (Å²) in [5.41, 5.74) is 2.03. The average molecular weight is 354 g/mol. The third-order valence-electron chi connectivity index (χ3n) is 3.84. The van der Waals surface area contributed by atoms with Crippen LogP contribution in [0, 0.1) is 0 Å². The highest BCUT2D eigenvalue weighted by atomic mass is 32.1. The van der Waals surface area contributed by atoms with Crippen LogP contribution in [0.2, 0.25) is 0 Å². The molecule has 6 heteroatoms. The van der Waals surface area contributed by atoms with E-state index in [0.717, 1.165) is 11.3 Å². The number of thiocarbonyl (C=S) groups is 1. The second kappa shape index (κ2) is 7.36. The van der Waals surface area contributed by atoms with Crippen molar-refractivity contribution in [3.8, 4) is 11.5 Å². The van der Waals surface area contributed by atoms with Gasteiger partial charge in [0.2, 0.25) is 0 Å². The van der Waals surface area contributed by atoms with Crippen LogP contribution in [0.4, 0.5) is 0 Å². The lowest BCUT2D eigenvalue weighted by Crippen LogP contribution is -2.45. The highest BCUT2D eigenvalue weighted by Gasteiger charge is 2.30. The molecule has 1 unspecified atom stereocenters. The van der Waals surface area contributed by atoms with E-state index in [0.29, 0.717) is 22.1 Å². The monoisotopic (exact) mass is 354 g/mol. The maximum absolute atomic E-state index is 12.2. The molecule has 0 saturated carbocycles. The predicted molar refractivity (Wildman–Crippen MR) is 99.3 cm³/mol. The molecule has 1 aliphatic heterocycles. The number of benzene rings is 2. The van der Waals surface area contributed by atoms with Crippen LogP contribution < -0.4 is 15.4 Å². The molecule has 128 valence electrons. The van der Waals surface area contributed by atoms with E-state index in [2.05, 4.69) is 10.6 Å². The number of rotatable bonds is 4. The summed E-state index contributed by atoms with van der Waals surface area (Å²) < 4.78 is 10.8. The summed E-state index contributed by atoms with van der Waals surface area (Å²) in [7, 11) is 1.36. The number of nitrogens with one attached hydrogen (secondary N) is 2. The fraction of sp³-hybridized carbons (Fsp3) is 0.158. The maximum Gasteiger partial charge on any atom is 0.337 e. The summed E-state index contributed by atoms with van der Waals surface area (Å²) >= 11 is 5.23. The third-order valence-corrected chi connectivity index (χ3v) is 4.06. The number of carbonyl (C=O) groups excluding carboxylic acids is 1. The van der Waals surface area contributed by atoms with Gasteiger partial charge in [-0.1, -0.05) is 30.3 Å². The molecule has 2 aromatic rings. The van der Waals surface area contributed by atoms with Gasteiger partial charge in [-0.2, -0.15) is 0 Å². The third kappa shape index (κ3) is 3.80. The first-order chi connectivity index (χ1) is 12.1. The van der Waals surface area contributed by atoms with Crippen molar-refractivity contribution in [2.24, 2.45) is 0 Å². The SMILES string of the molecule is COC(=O)C1=C(C)NC(=S)NC1c1cccc(Oc2ccccc2)c1. The molecule has 0 saturated heterocycles. The van der Waals surface area contributed by atoms with Crippen molar-refractivity contribution in [2.45, 2.75) is 13.0 Å². The minimum Gasteiger partial charge on any atom is -0.466 e. The molecule has 25 heavy (non-hydrogen) atoms. The largest absolute Gasteiger partial charge is 0.466 e. The minimum absolute atomic E-state index is 0.402. The minimum atomic E-state index is -0.403. The quantitative estimate of drug-likeness (QED) is 0.648. The van der Waals surface area contributed by atoms with Gasteiger partial charge >= 0.3 is 5.97 Å². The van der Waals surface area contributed by atoms with Gasteiger partial charge in [0.05, 0.1) is 18.7 Å². The average Bonchev–Trinajstić information content (AvgIpc) is 2.61. The van der Waals surface area contributed by atoms with Crippen LogP contribution >= 0.6 is 12.2 Å². The summed E-state index contributed by atoms with van der Waals surface area (Å²) in [6, 6.07) is 16.7. The molecule has 5 nitrogen and oxygen atoms in total. The van der Waals surface area contributed by atoms with Gasteiger partial charge in [-0.05, 0) is 49.0 Å². The zero-order valence-corrected chi connectivity index (χ0v) is 14.7. The molecule has 2 N–H and O–H groups in total. The highest BCUT2D eigenvalue weighted by Crippen LogP contribution is 2.31. The van der Waals surface area contributed by atoms with E-state index in [9.17, 15) is 4.79 Å². The molecule has 0 aromatic heterocycles. The topological polar surface area (TPSA) is 59.6 Å². The van der Waals surface area contributed by atoms with Gasteiger partial charge in [0.25, 0.3) is 0 Å². The highest BCUT2D eigenvalue weighted by molar-refractivity contribution is 7.80. The van der Waals surface area contributed by atoms with E-state index < -0.39 is 12.0 Å². The molecule has 0 radical (unpaired) electrons. The molecule has 1 atom stereocenters. The van der Waals surface area contributed by atoms with Gasteiger partial charge < -0.3 is 20.1 Å². The van der Waals surface area contributed by atoms with Gasteiger partial charge in [-0.3, -0.25) is 0 Å². The van der Waals surface area contributed by atoms with E-state index in [1.165, 1.54) is 7.11 Å². The van der Waals surface area contributed by atoms with Crippen LogP contribution in [0.3, 0.4) is 0 Å². The Labute approximate surface area is 151 Å². The molecular formula is C19H18N2O3S. The van der Waals surface area contributed by atoms with Gasteiger partial charge in [0.1, 0.15) is 11.5 Å². The Balaban J connectivity index is 1.94. The smallest absolute Gasteiger partial charge is 0.337 e. The first kappa shape index (κ1) is 17.0. The van der Waals surface area contributed by atoms with Gasteiger partial charge in [0.15, 0.2) is 5.11 Å². The molecule has 0 amide bonds. The van der Waals surface area contributed by atoms with Crippen LogP contribution in [-0.2, 0) is 9.53 Å². The molecule has 0 aliphatic carbocycles. The standard InChI is InChI=1S/C19H18N2O3S/c1-12-16(18(22)23-2)17(21-19(25)20-12)13-7-6-10-15(11-13)24-14-8-4-3-5-9-14/h3-11,17H,1-2H3,(H2,20,21,25). The number of carbonyl (C=O) groups is 1. The Morgan fingerprint density at radius 2 is 1.80 bits per heavy atom. The van der Waals surface area contributed by atoms with E-state index in [-0.39, 0.29) is 0 Å². The lowest BCUT2D eigenvalue weighted by Gasteiger charge is -2.29. The van der Waals surface area contributed by atoms with Crippen LogP contribution in [0.15, 0.2) is 65.9 Å². The molecule has 3 rings (SSSR count). The summed E-state index contributed by atoms with van der Waals surface area (Å²) in [6.07, 6.45) is 0. The van der Waals surface area contributed by atoms with Gasteiger partial charge in [-0.25, -0.2) is 4.79 Å². The van der Waals surface area contributed by atoms with Crippen LogP contribution in [0.1, 0.15) is 18.5 Å². The normalized spacial score (nSPS) is 16.7. The summed E-state index contributed by atoms with van der Waals surface area (Å²) in [5, 5.41) is 6.55. The number of para-hydroxylation sites is 1. The molecule has 2 aromatic carbocycles. The number of hydrogen-bond acceptors (Lipinski definition) is 4. The summed E-state index contributed by atoms with van der Waals surface area (Å²) in [4.78, 5) is 12.2. The second-order valence-electron chi connectivity index (χ2n) is 5.55. The number of allylic oxidation sites excluding steroid dienone is 1. The number of esters is 1. The van der Waals surface area contributed by atoms with Crippen molar-refractivity contribution in [1.29, 1.82) is 0 Å². The maximum atomic E-state index is 12.2. The summed E-state index contributed by atoms with van der Waals surface area (Å²) in [5.74, 6) is 1.02. The van der Waals surface area contributed by atoms with Crippen molar-refractivity contribution >= 4 is 23.3 Å². The number of hydrogen-bond donors (Lipinski definition) is 2. The van der Waals surface area contributed by atoms with Crippen LogP contribution in [0.25, 0.3) is 0 Å². The Morgan fingerprint density at radius 1 is 1.08 bits per heavy atom. The predicted octanol–water partition coefficient (Wildman–Crippen LogP) is 3.44. The lowest BCUT2D eigenvalue weighted by molar-refractivity contribution is -0.136. The second-order valence-corrected chi connectivity index (χ2v) is 5.96. The molecule has 1 aliphatic rings. The van der Waals surface area contributed by atoms with E-state index in [4.69, 9.17) is 21.7 Å². The van der Waals surface area contributed by atoms with Crippen molar-refractivity contribution in [3.63, 3.8) is 0 Å². The van der Waals surface area contributed by atoms with Crippen LogP contribution in [-0.4, -0.2) is 18.2 Å². The Hall–Kier alpha value is -2.86. The fourth-order valence-electron chi connectivity index (χ4n) is 2.71. The van der Waals surface area contributed by atoms with E-state index in [1.54, 1.807) is 6.92 Å². The molecule has 1 heterocycles. The number of methoxy groups -OCH3 is 1. The fourth-order valence-corrected chi connectivity index (χ4v) is 2.98. The van der Waals surface area contributed by atoms with E-state index in [1.807, 2.05) is 54.6 Å². The summed E-state index contributed by atoms with van der Waals surface area (Å²) in [6.45, 7) is 1.80. The number of ether oxygens (including phenoxy) is 2. The lowest BCUT2D eigenvalue weighted by atomic mass is 9.95. The van der Waals surface area contributed by atoms with Crippen molar-refractivity contribution in [1.82, 2.24) is 10.6 Å². The van der Waals surface area contributed by atoms with Crippen molar-refractivity contribution in [3.05, 3.63) is 71.4 Å². The van der Waals surface area contributed by atoms with Gasteiger partial charge in [-0.15, -0.1) is 0 Å². The molecule has 0 fully saturated rings. The zero-order chi connectivity index (χ0) is 17.8. The molecule has 0 spiro atoms. The molecular weight excluding hydrogens is 336 g/mol. The first-order valence-electron chi connectivity index (χ1n) is 7.78.